The van der Waals surface area contributed by atoms with E-state index >= 15 is 9.59 Å². The van der Waals surface area contributed by atoms with Crippen molar-refractivity contribution in [3.8, 4) is 5.75 Å². The SMILES string of the molecule is COc1ccc(C[C@H](NC(=O)[C@H](Cc2cnc[nH]2)NC(=O)[C@H](CC(=O)O)NC(=O)[C@H](Cc2c[nH]c3ccc(F)cc23)NC(=O)[C@H](Cc2c[nH]c3ccc(F)cc23)NC(=O)[C@@H](C)NC(=O)[C@H](CCCCN)CC(=O)CCS)C(=O)N2CCCC2(C)C(=O)N[C@@H](CS)C(N)=O)cc1. The van der Waals surface area contributed by atoms with Crippen LogP contribution in [0.3, 0.4) is 0 Å². The number of Topliss-reactive ketones (excluding diaryl/α,β-unsaturated/α-hetero) is 1. The zero-order chi connectivity index (χ0) is 69.1. The second-order valence-electron chi connectivity index (χ2n) is 23.6. The Morgan fingerprint density at radius 1 is 0.684 bits per heavy atom. The van der Waals surface area contributed by atoms with Gasteiger partial charge in [0.1, 0.15) is 71.0 Å². The van der Waals surface area contributed by atoms with Crippen molar-refractivity contribution in [3.05, 3.63) is 120 Å². The number of primary amides is 1. The molecule has 9 amide bonds. The molecule has 0 aliphatic carbocycles. The molecule has 7 rings (SSSR count). The predicted molar refractivity (Wildman–Crippen MR) is 351 cm³/mol. The standard InChI is InChI=1S/C64H80F2N14O13S2/c1-34(73-57(86)36(7-4-5-18-67)22-42(81)16-20-94)56(85)74-48(23-37-29-70-46-14-10-39(65)25-44(37)46)58(87)75-49(24-38-30-71-47-15-11-40(66)26-45(38)47)59(88)77-51(28-54(82)83)61(90)76-50(27-41-31-69-33-72-41)60(89)78-52(21-35-8-12-43(93-3)13-9-35)62(91)80-19-6-17-64(80,2)63(92)79-53(32-95)55(68)84/h8-15,25-26,29-31,33-34,36,48-53,70-71,94-95H,4-7,16-24,27-28,32,67H2,1-3H3,(H2,68,84)(H,69,72)(H,73,86)(H,74,85)(H,75,87)(H,76,90)(H,77,88)(H,78,89)(H,79,92)(H,82,83)/t34-,36-,48+,49+,50+,51+,52+,53+,64?/m1/s1. The van der Waals surface area contributed by atoms with E-state index in [4.69, 9.17) is 16.2 Å². The van der Waals surface area contributed by atoms with Gasteiger partial charge < -0.3 is 78.4 Å². The van der Waals surface area contributed by atoms with Gasteiger partial charge in [-0.1, -0.05) is 18.6 Å². The molecule has 31 heteroatoms. The van der Waals surface area contributed by atoms with Gasteiger partial charge in [0.15, 0.2) is 0 Å². The van der Waals surface area contributed by atoms with Crippen molar-refractivity contribution in [2.24, 2.45) is 17.4 Å². The van der Waals surface area contributed by atoms with Crippen molar-refractivity contribution < 1.29 is 71.4 Å². The first-order valence-electron chi connectivity index (χ1n) is 30.8. The Morgan fingerprint density at radius 3 is 1.77 bits per heavy atom. The van der Waals surface area contributed by atoms with Crippen LogP contribution in [0.4, 0.5) is 8.78 Å². The molecule has 3 aromatic heterocycles. The molecule has 9 atom stereocenters. The number of unbranched alkanes of at least 4 members (excludes halogenated alkanes) is 1. The van der Waals surface area contributed by atoms with Gasteiger partial charge in [-0.15, -0.1) is 0 Å². The van der Waals surface area contributed by atoms with Crippen LogP contribution in [0.25, 0.3) is 21.8 Å². The number of carbonyl (C=O) groups excluding carboxylic acids is 10. The Kier molecular flexibility index (Phi) is 26.3. The maximum absolute atomic E-state index is 15.0. The normalized spacial score (nSPS) is 16.2. The summed E-state index contributed by atoms with van der Waals surface area (Å²) < 4.78 is 35.1. The number of carbonyl (C=O) groups is 11. The average molecular weight is 1360 g/mol. The molecule has 1 fully saturated rings. The van der Waals surface area contributed by atoms with Gasteiger partial charge in [-0.2, -0.15) is 25.3 Å². The Morgan fingerprint density at radius 2 is 1.24 bits per heavy atom. The number of methoxy groups -OCH3 is 1. The van der Waals surface area contributed by atoms with Gasteiger partial charge in [0.05, 0.1) is 19.9 Å². The number of carboxylic acid groups (broad SMARTS) is 1. The van der Waals surface area contributed by atoms with Crippen molar-refractivity contribution >= 4 is 112 Å². The molecule has 95 heavy (non-hydrogen) atoms. The molecule has 6 aromatic rings. The molecule has 1 aliphatic rings. The van der Waals surface area contributed by atoms with Crippen LogP contribution in [0, 0.1) is 17.6 Å². The van der Waals surface area contributed by atoms with Crippen LogP contribution in [0.5, 0.6) is 5.75 Å². The average Bonchev–Trinajstić information content (AvgIpc) is 1.74. The van der Waals surface area contributed by atoms with E-state index in [-0.39, 0.29) is 85.4 Å². The van der Waals surface area contributed by atoms with E-state index in [0.29, 0.717) is 59.1 Å². The summed E-state index contributed by atoms with van der Waals surface area (Å²) in [6.45, 7) is 3.23. The maximum Gasteiger partial charge on any atom is 0.305 e. The molecule has 0 saturated carbocycles. The van der Waals surface area contributed by atoms with E-state index in [0.717, 1.165) is 0 Å². The lowest BCUT2D eigenvalue weighted by Crippen LogP contribution is -2.63. The molecule has 1 saturated heterocycles. The maximum atomic E-state index is 15.0. The van der Waals surface area contributed by atoms with Gasteiger partial charge in [-0.25, -0.2) is 13.8 Å². The van der Waals surface area contributed by atoms with Gasteiger partial charge in [-0.05, 0) is 117 Å². The minimum atomic E-state index is -2.03. The molecule has 3 aromatic carbocycles. The number of likely N-dealkylation sites (tertiary alicyclic amines) is 1. The number of hydrogen-bond donors (Lipinski definition) is 15. The van der Waals surface area contributed by atoms with Crippen LogP contribution < -0.4 is 53.4 Å². The van der Waals surface area contributed by atoms with Crippen LogP contribution in [0.2, 0.25) is 0 Å². The summed E-state index contributed by atoms with van der Waals surface area (Å²) in [5, 5.41) is 29.0. The Balaban J connectivity index is 1.19. The van der Waals surface area contributed by atoms with Crippen LogP contribution in [0.1, 0.15) is 87.6 Å². The molecule has 0 bridgehead atoms. The highest BCUT2D eigenvalue weighted by Crippen LogP contribution is 2.31. The molecular weight excluding hydrogens is 1270 g/mol. The third-order valence-corrected chi connectivity index (χ3v) is 17.2. The zero-order valence-corrected chi connectivity index (χ0v) is 54.3. The Labute approximate surface area is 556 Å². The highest BCUT2D eigenvalue weighted by atomic mass is 32.1. The number of aromatic nitrogens is 4. The quantitative estimate of drug-likeness (QED) is 0.0196. The third kappa shape index (κ3) is 19.9. The van der Waals surface area contributed by atoms with E-state index in [1.165, 1.54) is 87.2 Å². The number of halogens is 2. The lowest BCUT2D eigenvalue weighted by Gasteiger charge is -2.37. The smallest absolute Gasteiger partial charge is 0.305 e. The van der Waals surface area contributed by atoms with Crippen molar-refractivity contribution in [1.82, 2.24) is 62.1 Å². The number of ether oxygens (including phenoxy) is 1. The number of imidazole rings is 1. The minimum Gasteiger partial charge on any atom is -0.497 e. The summed E-state index contributed by atoms with van der Waals surface area (Å²) in [6, 6.07) is 3.05. The van der Waals surface area contributed by atoms with E-state index in [9.17, 15) is 57.0 Å². The number of thiol groups is 2. The van der Waals surface area contributed by atoms with Crippen LogP contribution in [-0.4, -0.2) is 174 Å². The number of rotatable bonds is 36. The fraction of sp³-hybridized carbons (Fsp3) is 0.438. The second kappa shape index (κ2) is 34.2. The predicted octanol–water partition coefficient (Wildman–Crippen LogP) is 1.64. The number of nitrogens with one attached hydrogen (secondary N) is 10. The van der Waals surface area contributed by atoms with E-state index in [1.54, 1.807) is 24.3 Å². The number of nitrogens with zero attached hydrogens (tertiary/aromatic N) is 2. The number of ketones is 1. The summed E-state index contributed by atoms with van der Waals surface area (Å²) in [4.78, 5) is 168. The van der Waals surface area contributed by atoms with Crippen molar-refractivity contribution in [2.45, 2.75) is 139 Å². The van der Waals surface area contributed by atoms with Gasteiger partial charge in [-0.3, -0.25) is 52.7 Å². The van der Waals surface area contributed by atoms with Crippen LogP contribution in [0.15, 0.2) is 85.6 Å². The van der Waals surface area contributed by atoms with Gasteiger partial charge in [0, 0.05) is 103 Å². The first-order valence-corrected chi connectivity index (χ1v) is 32.1. The third-order valence-electron chi connectivity index (χ3n) is 16.6. The monoisotopic (exact) mass is 1350 g/mol. The molecule has 0 spiro atoms. The largest absolute Gasteiger partial charge is 0.497 e. The summed E-state index contributed by atoms with van der Waals surface area (Å²) in [5.41, 5.74) is 11.9. The van der Waals surface area contributed by atoms with Gasteiger partial charge in [0.25, 0.3) is 0 Å². The van der Waals surface area contributed by atoms with Crippen molar-refractivity contribution in [3.63, 3.8) is 0 Å². The number of aliphatic carboxylic acids is 1. The van der Waals surface area contributed by atoms with E-state index in [1.807, 2.05) is 0 Å². The number of hydrogen-bond acceptors (Lipinski definition) is 16. The summed E-state index contributed by atoms with van der Waals surface area (Å²) in [5.74, 6) is -11.7. The van der Waals surface area contributed by atoms with Gasteiger partial charge in [0.2, 0.25) is 53.2 Å². The molecule has 15 N–H and O–H groups in total. The summed E-state index contributed by atoms with van der Waals surface area (Å²) in [7, 11) is 1.46. The lowest BCUT2D eigenvalue weighted by molar-refractivity contribution is -0.147. The highest BCUT2D eigenvalue weighted by molar-refractivity contribution is 7.80. The number of amides is 9. The summed E-state index contributed by atoms with van der Waals surface area (Å²) in [6.07, 6.45) is 4.84. The molecular formula is C64H80F2N14O13S2. The first-order chi connectivity index (χ1) is 45.3. The summed E-state index contributed by atoms with van der Waals surface area (Å²) >= 11 is 8.27. The van der Waals surface area contributed by atoms with Crippen molar-refractivity contribution in [2.75, 3.05) is 31.7 Å². The number of benzene rings is 3. The topological polar surface area (TPSA) is 417 Å². The Bertz CT molecular complexity index is 3740. The number of fused-ring (bicyclic) bond motifs is 2. The molecule has 0 radical (unpaired) electrons. The first kappa shape index (κ1) is 73.1. The molecule has 1 aliphatic heterocycles. The minimum absolute atomic E-state index is 0.0438. The van der Waals surface area contributed by atoms with Crippen LogP contribution >= 0.6 is 25.3 Å². The number of nitrogens with two attached hydrogens (primary N) is 2. The molecule has 510 valence electrons. The van der Waals surface area contributed by atoms with Crippen molar-refractivity contribution in [1.29, 1.82) is 0 Å². The Hall–Kier alpha value is -9.36. The number of carboxylic acids is 1. The highest BCUT2D eigenvalue weighted by Gasteiger charge is 2.48. The zero-order valence-electron chi connectivity index (χ0n) is 52.6. The van der Waals surface area contributed by atoms with E-state index in [2.05, 4.69) is 82.4 Å². The lowest BCUT2D eigenvalue weighted by atomic mass is 9.94. The molecule has 27 nitrogen and oxygen atoms in total. The number of aromatic amines is 3. The van der Waals surface area contributed by atoms with Gasteiger partial charge >= 0.3 is 5.97 Å². The van der Waals surface area contributed by atoms with E-state index < -0.39 is 137 Å². The molecule has 4 heterocycles. The fourth-order valence-electron chi connectivity index (χ4n) is 11.3. The van der Waals surface area contributed by atoms with Crippen LogP contribution in [-0.2, 0) is 78.4 Å². The number of H-pyrrole nitrogens is 3. The molecule has 1 unspecified atom stereocenters. The second-order valence-corrected chi connectivity index (χ2v) is 24.4. The fourth-order valence-corrected chi connectivity index (χ4v) is 11.8.